The molecule has 2 aromatic heterocycles. The number of benzene rings is 3. The fourth-order valence-corrected chi connectivity index (χ4v) is 8.92. The highest BCUT2D eigenvalue weighted by atomic mass is 32.1. The van der Waals surface area contributed by atoms with Crippen LogP contribution < -0.4 is 10.3 Å². The number of amides is 3. The quantitative estimate of drug-likeness (QED) is 0.0831. The fraction of sp³-hybridized carbons (Fsp3) is 0.500. The van der Waals surface area contributed by atoms with Gasteiger partial charge in [0, 0.05) is 45.8 Å². The maximum absolute atomic E-state index is 14.0. The largest absolute Gasteiger partial charge is 0.453 e. The monoisotopic (exact) mass is 936 g/mol. The number of methoxy groups -OCH3 is 1. The molecule has 3 aromatic carbocycles. The first-order chi connectivity index (χ1) is 28.6. The molecule has 0 saturated carbocycles. The molecule has 4 heterocycles. The van der Waals surface area contributed by atoms with E-state index in [-0.39, 0.29) is 76.9 Å². The smallest absolute Gasteiger partial charge is 0.407 e. The molecule has 3 atom stereocenters. The molecule has 0 unspecified atom stereocenters. The number of hydrazine groups is 1. The number of carbonyl (C=O) groups excluding carboxylic acids is 3. The number of hydrogen-bond donors (Lipinski definition) is 2. The minimum atomic E-state index is -1.33. The van der Waals surface area contributed by atoms with Crippen LogP contribution in [0.25, 0.3) is 44.2 Å². The van der Waals surface area contributed by atoms with Crippen molar-refractivity contribution in [2.75, 3.05) is 38.4 Å². The Morgan fingerprint density at radius 1 is 0.841 bits per heavy atom. The third-order valence-corrected chi connectivity index (χ3v) is 13.9. The Labute approximate surface area is 394 Å². The van der Waals surface area contributed by atoms with Crippen molar-refractivity contribution in [2.45, 2.75) is 98.4 Å². The van der Waals surface area contributed by atoms with Crippen LogP contribution in [-0.4, -0.2) is 94.8 Å². The van der Waals surface area contributed by atoms with Gasteiger partial charge in [0.25, 0.3) is 5.91 Å². The molecule has 0 spiro atoms. The van der Waals surface area contributed by atoms with E-state index in [0.29, 0.717) is 31.6 Å². The number of hydrogen-bond acceptors (Lipinski definition) is 8. The van der Waals surface area contributed by atoms with Gasteiger partial charge in [-0.15, -0.1) is 0 Å². The second kappa shape index (κ2) is 21.7. The van der Waals surface area contributed by atoms with E-state index in [2.05, 4.69) is 96.9 Å². The van der Waals surface area contributed by atoms with Gasteiger partial charge in [0.1, 0.15) is 18.6 Å². The van der Waals surface area contributed by atoms with Crippen molar-refractivity contribution in [2.24, 2.45) is 17.8 Å². The molecule has 13 nitrogen and oxygen atoms in total. The molecule has 2 N–H and O–H groups in total. The lowest BCUT2D eigenvalue weighted by atomic mass is 9.96. The van der Waals surface area contributed by atoms with E-state index >= 15 is 0 Å². The topological polar surface area (TPSA) is 138 Å². The highest BCUT2D eigenvalue weighted by molar-refractivity contribution is 7.59. The average Bonchev–Trinajstić information content (AvgIpc) is 4.06. The van der Waals surface area contributed by atoms with Crippen molar-refractivity contribution in [1.29, 1.82) is 0 Å². The number of nitrogens with one attached hydrogen (secondary N) is 2. The highest BCUT2D eigenvalue weighted by Gasteiger charge is 2.38. The summed E-state index contributed by atoms with van der Waals surface area (Å²) in [5.41, 5.74) is 5.81. The Kier molecular flexibility index (Phi) is 17.7. The van der Waals surface area contributed by atoms with Gasteiger partial charge in [-0.25, -0.2) is 19.8 Å². The van der Waals surface area contributed by atoms with Gasteiger partial charge in [0.2, 0.25) is 11.9 Å². The average molecular weight is 937 g/mol. The minimum Gasteiger partial charge on any atom is -0.453 e. The summed E-state index contributed by atoms with van der Waals surface area (Å²) in [7, 11) is -0.0308. The van der Waals surface area contributed by atoms with E-state index in [9.17, 15) is 14.4 Å². The van der Waals surface area contributed by atoms with Gasteiger partial charge < -0.3 is 24.7 Å². The maximum Gasteiger partial charge on any atom is 0.407 e. The van der Waals surface area contributed by atoms with E-state index in [4.69, 9.17) is 19.4 Å². The number of rotatable bonds is 14. The van der Waals surface area contributed by atoms with E-state index in [1.807, 2.05) is 42.9 Å². The number of alkyl carbamates (subject to hydrolysis) is 1. The number of aromatic nitrogens is 4. The van der Waals surface area contributed by atoms with Crippen molar-refractivity contribution in [1.82, 2.24) is 34.7 Å². The van der Waals surface area contributed by atoms with Crippen LogP contribution in [0.4, 0.5) is 10.7 Å². The second-order valence-corrected chi connectivity index (χ2v) is 24.0. The summed E-state index contributed by atoms with van der Waals surface area (Å²) >= 11 is 0. The predicted molar refractivity (Wildman–Crippen MR) is 271 cm³/mol. The predicted octanol–water partition coefficient (Wildman–Crippen LogP) is 9.19. The highest BCUT2D eigenvalue weighted by Crippen LogP contribution is 2.36. The molecule has 2 aliphatic rings. The lowest BCUT2D eigenvalue weighted by Crippen LogP contribution is -2.54. The summed E-state index contributed by atoms with van der Waals surface area (Å²) in [4.78, 5) is 55.0. The zero-order chi connectivity index (χ0) is 42.9. The van der Waals surface area contributed by atoms with E-state index < -0.39 is 20.2 Å². The zero-order valence-corrected chi connectivity index (χ0v) is 42.2. The summed E-state index contributed by atoms with van der Waals surface area (Å²) in [6.07, 6.45) is 3.90. The number of fused-ring (bicyclic) bond motifs is 2. The van der Waals surface area contributed by atoms with Gasteiger partial charge in [-0.2, -0.15) is 40.5 Å². The number of anilines is 1. The van der Waals surface area contributed by atoms with E-state index in [1.54, 1.807) is 5.01 Å². The lowest BCUT2D eigenvalue weighted by Gasteiger charge is -2.33. The van der Waals surface area contributed by atoms with Crippen LogP contribution in [0.5, 0.6) is 0 Å². The molecule has 0 bridgehead atoms. The normalized spacial score (nSPS) is 16.2. The van der Waals surface area contributed by atoms with E-state index in [1.165, 1.54) is 7.11 Å². The minimum absolute atomic E-state index is 0. The Hall–Kier alpha value is -4.16. The molecule has 344 valence electrons. The molecule has 2 aliphatic heterocycles. The number of nitrogens with zero attached hydrogens (tertiary/aromatic N) is 6. The first kappa shape index (κ1) is 51.5. The van der Waals surface area contributed by atoms with E-state index in [0.717, 1.165) is 81.9 Å². The molecular weight excluding hydrogens is 869 g/mol. The summed E-state index contributed by atoms with van der Waals surface area (Å²) < 4.78 is 13.3. The van der Waals surface area contributed by atoms with Gasteiger partial charge in [0.15, 0.2) is 0 Å². The summed E-state index contributed by atoms with van der Waals surface area (Å²) in [5, 5.41) is 8.61. The van der Waals surface area contributed by atoms with Crippen LogP contribution in [0.15, 0.2) is 60.8 Å². The van der Waals surface area contributed by atoms with Crippen molar-refractivity contribution < 1.29 is 23.9 Å². The first-order valence-electron chi connectivity index (χ1n) is 21.5. The Bertz CT molecular complexity index is 2370. The molecule has 2 fully saturated rings. The van der Waals surface area contributed by atoms with Gasteiger partial charge in [0.05, 0.1) is 36.1 Å². The number of carbonyl (C=O) groups is 3. The Morgan fingerprint density at radius 3 is 2.17 bits per heavy atom. The molecule has 0 aliphatic carbocycles. The van der Waals surface area contributed by atoms with Gasteiger partial charge in [-0.3, -0.25) is 19.2 Å². The van der Waals surface area contributed by atoms with Crippen LogP contribution in [0.2, 0.25) is 25.7 Å². The Balaban J connectivity index is 0.00000290. The lowest BCUT2D eigenvalue weighted by molar-refractivity contribution is -0.137. The first-order valence-corrected chi connectivity index (χ1v) is 25.3. The zero-order valence-electron chi connectivity index (χ0n) is 38.2. The number of aromatic amines is 1. The van der Waals surface area contributed by atoms with Crippen LogP contribution in [0.3, 0.4) is 0 Å². The molecular formula is C46H68N8O5S3Si. The summed E-state index contributed by atoms with van der Waals surface area (Å²) in [6, 6.07) is 19.5. The molecule has 3 amide bonds. The third-order valence-electron chi connectivity index (χ3n) is 12.2. The maximum atomic E-state index is 14.0. The van der Waals surface area contributed by atoms with Crippen LogP contribution in [0.1, 0.15) is 65.7 Å². The molecule has 7 rings (SSSR count). The van der Waals surface area contributed by atoms with Crippen molar-refractivity contribution >= 4 is 94.2 Å². The summed E-state index contributed by atoms with van der Waals surface area (Å²) in [6.45, 7) is 19.9. The van der Waals surface area contributed by atoms with Crippen molar-refractivity contribution in [3.05, 3.63) is 66.6 Å². The van der Waals surface area contributed by atoms with Gasteiger partial charge in [-0.1, -0.05) is 84.6 Å². The fourth-order valence-electron chi connectivity index (χ4n) is 8.16. The molecule has 17 heteroatoms. The van der Waals surface area contributed by atoms with Crippen LogP contribution in [0, 0.1) is 17.8 Å². The van der Waals surface area contributed by atoms with Crippen LogP contribution >= 0.6 is 40.5 Å². The number of ether oxygens (including phenoxy) is 2. The standard InChI is InChI=1S/C46H62N8O5Si.3H2S/c1-29(2)31(5)43(55)51-19-10-12-39(51)42-47-27-38(48-42)36-16-15-32-24-33(13-14-34(32)25-36)35-17-18-37-40(26-35)52(28-59-22-23-60(7,8)9)45(49-37)54-21-11-20-53(54)44(56)41(30(3)4)50-46(57)58-6;;;/h13-18,24-27,29-31,39,41H,10-12,19-23,28H2,1-9H3,(H,47,48)(H,50,57);3*1H2/t31-,39-,41-;;;/m0.../s1. The second-order valence-electron chi connectivity index (χ2n) is 18.4. The molecule has 2 saturated heterocycles. The van der Waals surface area contributed by atoms with Crippen LogP contribution in [-0.2, 0) is 25.8 Å². The SMILES string of the molecule is COC(=O)N[C@H](C(=O)N1CCCN1c1nc2ccc(-c3ccc4cc(-c5cnc([C@@H]6CCCN6C(=O)[C@@H](C)C(C)C)[nH]5)ccc4c3)cc2n1COCC[Si](C)(C)C)C(C)C.S.S.S. The number of H-pyrrole nitrogens is 1. The molecule has 63 heavy (non-hydrogen) atoms. The third kappa shape index (κ3) is 11.4. The van der Waals surface area contributed by atoms with Gasteiger partial charge in [-0.05, 0) is 83.3 Å². The van der Waals surface area contributed by atoms with Crippen molar-refractivity contribution in [3.8, 4) is 22.4 Å². The Morgan fingerprint density at radius 2 is 1.51 bits per heavy atom. The number of imidazole rings is 2. The number of likely N-dealkylation sites (tertiary alicyclic amines) is 1. The van der Waals surface area contributed by atoms with Gasteiger partial charge >= 0.3 is 6.09 Å². The molecule has 5 aromatic rings. The van der Waals surface area contributed by atoms with Crippen molar-refractivity contribution in [3.63, 3.8) is 0 Å². The molecule has 0 radical (unpaired) electrons. The summed E-state index contributed by atoms with van der Waals surface area (Å²) in [5.74, 6) is 1.60.